The van der Waals surface area contributed by atoms with Crippen LogP contribution in [0.15, 0.2) is 0 Å². The maximum absolute atomic E-state index is 11.5. The lowest BCUT2D eigenvalue weighted by molar-refractivity contribution is -0.184. The van der Waals surface area contributed by atoms with Crippen LogP contribution in [0.1, 0.15) is 6.92 Å². The zero-order valence-electron chi connectivity index (χ0n) is 4.80. The van der Waals surface area contributed by atoms with Gasteiger partial charge in [0, 0.05) is 0 Å². The van der Waals surface area contributed by atoms with Gasteiger partial charge in [0.2, 0.25) is 0 Å². The first-order valence-corrected chi connectivity index (χ1v) is 2.23. The highest BCUT2D eigenvalue weighted by Crippen LogP contribution is 2.27. The minimum atomic E-state index is -4.65. The Morgan fingerprint density at radius 3 is 1.67 bits per heavy atom. The number of hydrogen-bond acceptors (Lipinski definition) is 1. The molecule has 0 heterocycles. The monoisotopic (exact) mass is 145 g/mol. The standard InChI is InChI=1S/C4H7F4N/c1-3(9,2-5)4(6,7)8/h2,9H2,1H3. The number of alkyl halides is 4. The quantitative estimate of drug-likeness (QED) is 0.552. The van der Waals surface area contributed by atoms with Gasteiger partial charge in [-0.15, -0.1) is 0 Å². The number of rotatable bonds is 1. The molecule has 0 rings (SSSR count). The highest BCUT2D eigenvalue weighted by molar-refractivity contribution is 4.85. The van der Waals surface area contributed by atoms with Crippen molar-refractivity contribution in [2.45, 2.75) is 18.6 Å². The third-order valence-electron chi connectivity index (χ3n) is 0.925. The lowest BCUT2D eigenvalue weighted by atomic mass is 10.1. The molecular formula is C4H7F4N. The van der Waals surface area contributed by atoms with E-state index in [1.54, 1.807) is 0 Å². The lowest BCUT2D eigenvalue weighted by Crippen LogP contribution is -2.52. The third kappa shape index (κ3) is 1.82. The summed E-state index contributed by atoms with van der Waals surface area (Å²) in [6.45, 7) is -0.983. The molecule has 0 aromatic carbocycles. The van der Waals surface area contributed by atoms with Crippen LogP contribution in [-0.2, 0) is 0 Å². The lowest BCUT2D eigenvalue weighted by Gasteiger charge is -2.23. The van der Waals surface area contributed by atoms with Crippen molar-refractivity contribution in [1.82, 2.24) is 0 Å². The molecule has 0 saturated carbocycles. The van der Waals surface area contributed by atoms with Gasteiger partial charge in [0.1, 0.15) is 12.2 Å². The SMILES string of the molecule is CC(N)(CF)C(F)(F)F. The Bertz CT molecular complexity index is 95.2. The summed E-state index contributed by atoms with van der Waals surface area (Å²) in [5.41, 5.74) is 1.81. The van der Waals surface area contributed by atoms with Gasteiger partial charge in [-0.25, -0.2) is 4.39 Å². The Hall–Kier alpha value is -0.320. The van der Waals surface area contributed by atoms with E-state index in [1.165, 1.54) is 0 Å². The van der Waals surface area contributed by atoms with Gasteiger partial charge < -0.3 is 5.73 Å². The largest absolute Gasteiger partial charge is 0.408 e. The molecule has 0 amide bonds. The fourth-order valence-corrected chi connectivity index (χ4v) is 0.0758. The summed E-state index contributed by atoms with van der Waals surface area (Å²) in [5.74, 6) is 0. The molecule has 0 aliphatic carbocycles. The molecule has 0 aliphatic heterocycles. The second-order valence-electron chi connectivity index (χ2n) is 2.05. The maximum Gasteiger partial charge on any atom is 0.408 e. The summed E-state index contributed by atoms with van der Waals surface area (Å²) in [6, 6.07) is 0. The van der Waals surface area contributed by atoms with E-state index in [0.29, 0.717) is 6.92 Å². The first kappa shape index (κ1) is 8.68. The van der Waals surface area contributed by atoms with Gasteiger partial charge in [-0.3, -0.25) is 0 Å². The fraction of sp³-hybridized carbons (Fsp3) is 1.00. The van der Waals surface area contributed by atoms with Crippen molar-refractivity contribution in [1.29, 1.82) is 0 Å². The average molecular weight is 145 g/mol. The van der Waals surface area contributed by atoms with Crippen molar-refractivity contribution < 1.29 is 17.6 Å². The van der Waals surface area contributed by atoms with E-state index < -0.39 is 18.4 Å². The molecule has 1 nitrogen and oxygen atoms in total. The molecular weight excluding hydrogens is 138 g/mol. The molecule has 0 aromatic rings. The normalized spacial score (nSPS) is 19.3. The third-order valence-corrected chi connectivity index (χ3v) is 0.925. The minimum Gasteiger partial charge on any atom is -0.316 e. The van der Waals surface area contributed by atoms with Crippen molar-refractivity contribution in [3.63, 3.8) is 0 Å². The zero-order chi connectivity index (χ0) is 7.71. The Kier molecular flexibility index (Phi) is 2.06. The summed E-state index contributed by atoms with van der Waals surface area (Å²) in [4.78, 5) is 0. The van der Waals surface area contributed by atoms with E-state index in [9.17, 15) is 17.6 Å². The summed E-state index contributed by atoms with van der Waals surface area (Å²) in [7, 11) is 0. The van der Waals surface area contributed by atoms with Gasteiger partial charge in [-0.1, -0.05) is 0 Å². The van der Waals surface area contributed by atoms with Crippen LogP contribution in [0.5, 0.6) is 0 Å². The van der Waals surface area contributed by atoms with E-state index in [4.69, 9.17) is 0 Å². The minimum absolute atomic E-state index is 0.604. The number of nitrogens with two attached hydrogens (primary N) is 1. The Morgan fingerprint density at radius 1 is 1.33 bits per heavy atom. The van der Waals surface area contributed by atoms with Crippen LogP contribution in [0, 0.1) is 0 Å². The molecule has 0 spiro atoms. The van der Waals surface area contributed by atoms with Crippen molar-refractivity contribution in [2.75, 3.05) is 6.67 Å². The second kappa shape index (κ2) is 2.13. The van der Waals surface area contributed by atoms with Crippen LogP contribution < -0.4 is 5.73 Å². The molecule has 1 unspecified atom stereocenters. The van der Waals surface area contributed by atoms with Crippen molar-refractivity contribution in [3.05, 3.63) is 0 Å². The van der Waals surface area contributed by atoms with Gasteiger partial charge in [0.15, 0.2) is 0 Å². The van der Waals surface area contributed by atoms with E-state index in [2.05, 4.69) is 5.73 Å². The highest BCUT2D eigenvalue weighted by Gasteiger charge is 2.48. The predicted molar refractivity (Wildman–Crippen MR) is 24.6 cm³/mol. The Balaban J connectivity index is 4.14. The molecule has 0 saturated heterocycles. The molecule has 56 valence electrons. The van der Waals surface area contributed by atoms with Crippen LogP contribution in [0.25, 0.3) is 0 Å². The topological polar surface area (TPSA) is 26.0 Å². The number of halogens is 4. The molecule has 0 radical (unpaired) electrons. The van der Waals surface area contributed by atoms with Crippen molar-refractivity contribution >= 4 is 0 Å². The van der Waals surface area contributed by atoms with E-state index in [0.717, 1.165) is 0 Å². The molecule has 0 aliphatic rings. The van der Waals surface area contributed by atoms with Crippen LogP contribution in [0.3, 0.4) is 0 Å². The molecule has 0 bridgehead atoms. The van der Waals surface area contributed by atoms with Crippen molar-refractivity contribution in [2.24, 2.45) is 5.73 Å². The van der Waals surface area contributed by atoms with Crippen molar-refractivity contribution in [3.8, 4) is 0 Å². The highest BCUT2D eigenvalue weighted by atomic mass is 19.4. The van der Waals surface area contributed by atoms with Crippen LogP contribution >= 0.6 is 0 Å². The van der Waals surface area contributed by atoms with E-state index in [1.807, 2.05) is 0 Å². The summed E-state index contributed by atoms with van der Waals surface area (Å²) < 4.78 is 45.8. The molecule has 5 heteroatoms. The average Bonchev–Trinajstić information content (AvgIpc) is 1.64. The molecule has 1 atom stereocenters. The molecule has 0 fully saturated rings. The first-order chi connectivity index (χ1) is 3.81. The summed E-state index contributed by atoms with van der Waals surface area (Å²) in [6.07, 6.45) is -4.65. The Labute approximate surface area is 49.8 Å². The van der Waals surface area contributed by atoms with Gasteiger partial charge in [0.05, 0.1) is 0 Å². The summed E-state index contributed by atoms with van der Waals surface area (Å²) >= 11 is 0. The smallest absolute Gasteiger partial charge is 0.316 e. The maximum atomic E-state index is 11.5. The second-order valence-corrected chi connectivity index (χ2v) is 2.05. The van der Waals surface area contributed by atoms with Crippen LogP contribution in [0.4, 0.5) is 17.6 Å². The van der Waals surface area contributed by atoms with Gasteiger partial charge in [-0.2, -0.15) is 13.2 Å². The fourth-order valence-electron chi connectivity index (χ4n) is 0.0758. The predicted octanol–water partition coefficient (Wildman–Crippen LogP) is 1.24. The number of hydrogen-bond donors (Lipinski definition) is 1. The van der Waals surface area contributed by atoms with Crippen LogP contribution in [0.2, 0.25) is 0 Å². The molecule has 0 aromatic heterocycles. The summed E-state index contributed by atoms with van der Waals surface area (Å²) in [5, 5.41) is 0. The Morgan fingerprint density at radius 2 is 1.67 bits per heavy atom. The van der Waals surface area contributed by atoms with Gasteiger partial charge in [0.25, 0.3) is 0 Å². The molecule has 2 N–H and O–H groups in total. The zero-order valence-corrected chi connectivity index (χ0v) is 4.80. The van der Waals surface area contributed by atoms with Gasteiger partial charge >= 0.3 is 6.18 Å². The molecule has 9 heavy (non-hydrogen) atoms. The first-order valence-electron chi connectivity index (χ1n) is 2.23. The van der Waals surface area contributed by atoms with Crippen LogP contribution in [-0.4, -0.2) is 18.4 Å². The van der Waals surface area contributed by atoms with E-state index >= 15 is 0 Å². The van der Waals surface area contributed by atoms with E-state index in [-0.39, 0.29) is 0 Å². The van der Waals surface area contributed by atoms with Gasteiger partial charge in [-0.05, 0) is 6.92 Å².